The van der Waals surface area contributed by atoms with Gasteiger partial charge in [0.2, 0.25) is 0 Å². The van der Waals surface area contributed by atoms with Crippen LogP contribution in [-0.4, -0.2) is 5.78 Å². The first kappa shape index (κ1) is 24.4. The number of hydrogen-bond acceptors (Lipinski definition) is 2. The Hall–Kier alpha value is -5.21. The number of hydrogen-bond donors (Lipinski definition) is 0. The van der Waals surface area contributed by atoms with Crippen LogP contribution in [0.4, 0.5) is 17.1 Å². The Morgan fingerprint density at radius 3 is 1.60 bits per heavy atom. The van der Waals surface area contributed by atoms with Crippen LogP contribution >= 0.6 is 0 Å². The van der Waals surface area contributed by atoms with Crippen LogP contribution < -0.4 is 4.90 Å². The monoisotopic (exact) mass is 551 g/mol. The van der Waals surface area contributed by atoms with Gasteiger partial charge in [-0.15, -0.1) is 0 Å². The fourth-order valence-electron chi connectivity index (χ4n) is 8.21. The number of para-hydroxylation sites is 2. The molecule has 3 aliphatic rings. The van der Waals surface area contributed by atoms with Crippen LogP contribution in [0.15, 0.2) is 140 Å². The molecule has 9 rings (SSSR count). The van der Waals surface area contributed by atoms with Crippen molar-refractivity contribution in [2.24, 2.45) is 0 Å². The molecule has 0 aromatic heterocycles. The lowest BCUT2D eigenvalue weighted by Gasteiger charge is -2.44. The standard InChI is InChI=1S/C41H29NO/c1-40(2)34-22-12-13-23-37(34)42(26-14-4-3-5-15-26)38-24-30-27-16-6-9-19-31(27)41(35(30)25-36(38)40)32-20-10-7-17-28(32)39(43)29-18-8-11-21-33(29)41/h3-25H,1-2H3. The molecule has 2 aliphatic carbocycles. The van der Waals surface area contributed by atoms with E-state index >= 15 is 0 Å². The third-order valence-corrected chi connectivity index (χ3v) is 10.1. The van der Waals surface area contributed by atoms with Crippen molar-refractivity contribution < 1.29 is 4.79 Å². The van der Waals surface area contributed by atoms with Crippen molar-refractivity contribution in [3.05, 3.63) is 184 Å². The highest BCUT2D eigenvalue weighted by Crippen LogP contribution is 2.62. The summed E-state index contributed by atoms with van der Waals surface area (Å²) < 4.78 is 0. The lowest BCUT2D eigenvalue weighted by atomic mass is 9.60. The van der Waals surface area contributed by atoms with Gasteiger partial charge in [0.15, 0.2) is 5.78 Å². The summed E-state index contributed by atoms with van der Waals surface area (Å²) in [6.45, 7) is 4.70. The molecule has 0 saturated heterocycles. The van der Waals surface area contributed by atoms with Gasteiger partial charge in [0.25, 0.3) is 0 Å². The first-order valence-corrected chi connectivity index (χ1v) is 15.0. The number of carbonyl (C=O) groups excluding carboxylic acids is 1. The van der Waals surface area contributed by atoms with Crippen molar-refractivity contribution in [2.75, 3.05) is 4.90 Å². The lowest BCUT2D eigenvalue weighted by molar-refractivity contribution is 0.103. The molecule has 1 spiro atoms. The van der Waals surface area contributed by atoms with Gasteiger partial charge < -0.3 is 4.90 Å². The zero-order valence-corrected chi connectivity index (χ0v) is 24.1. The van der Waals surface area contributed by atoms with E-state index in [1.807, 2.05) is 24.3 Å². The minimum Gasteiger partial charge on any atom is -0.310 e. The van der Waals surface area contributed by atoms with Crippen LogP contribution in [0.25, 0.3) is 11.1 Å². The van der Waals surface area contributed by atoms with Gasteiger partial charge >= 0.3 is 0 Å². The summed E-state index contributed by atoms with van der Waals surface area (Å²) in [5, 5.41) is 0. The third-order valence-electron chi connectivity index (χ3n) is 10.1. The summed E-state index contributed by atoms with van der Waals surface area (Å²) in [6.07, 6.45) is 0. The van der Waals surface area contributed by atoms with Gasteiger partial charge in [-0.25, -0.2) is 0 Å². The average molecular weight is 552 g/mol. The predicted octanol–water partition coefficient (Wildman–Crippen LogP) is 9.70. The Balaban J connectivity index is 1.45. The molecule has 0 amide bonds. The van der Waals surface area contributed by atoms with Gasteiger partial charge in [-0.3, -0.25) is 4.79 Å². The van der Waals surface area contributed by atoms with Gasteiger partial charge in [0, 0.05) is 22.2 Å². The number of anilines is 3. The zero-order valence-electron chi connectivity index (χ0n) is 24.1. The van der Waals surface area contributed by atoms with Gasteiger partial charge in [0.1, 0.15) is 0 Å². The first-order valence-electron chi connectivity index (χ1n) is 15.0. The van der Waals surface area contributed by atoms with Crippen LogP contribution in [0, 0.1) is 0 Å². The van der Waals surface area contributed by atoms with E-state index in [1.165, 1.54) is 44.8 Å². The molecule has 0 saturated carbocycles. The van der Waals surface area contributed by atoms with Gasteiger partial charge in [-0.05, 0) is 68.8 Å². The molecule has 1 aliphatic heterocycles. The van der Waals surface area contributed by atoms with Gasteiger partial charge in [0.05, 0.1) is 16.8 Å². The molecule has 0 fully saturated rings. The van der Waals surface area contributed by atoms with E-state index in [1.54, 1.807) is 0 Å². The molecule has 0 unspecified atom stereocenters. The van der Waals surface area contributed by atoms with Crippen molar-refractivity contribution >= 4 is 22.8 Å². The number of rotatable bonds is 1. The normalized spacial score (nSPS) is 16.0. The molecular formula is C41H29NO. The summed E-state index contributed by atoms with van der Waals surface area (Å²) in [5.41, 5.74) is 14.0. The summed E-state index contributed by atoms with van der Waals surface area (Å²) in [6, 6.07) is 49.7. The molecular weight excluding hydrogens is 522 g/mol. The maximum Gasteiger partial charge on any atom is 0.193 e. The van der Waals surface area contributed by atoms with Gasteiger partial charge in [-0.1, -0.05) is 129 Å². The lowest BCUT2D eigenvalue weighted by Crippen LogP contribution is -2.37. The van der Waals surface area contributed by atoms with E-state index in [0.717, 1.165) is 27.9 Å². The largest absolute Gasteiger partial charge is 0.310 e. The minimum atomic E-state index is -0.591. The van der Waals surface area contributed by atoms with Crippen LogP contribution in [0.5, 0.6) is 0 Å². The number of ketones is 1. The van der Waals surface area contributed by atoms with Crippen molar-refractivity contribution in [1.82, 2.24) is 0 Å². The summed E-state index contributed by atoms with van der Waals surface area (Å²) in [5.74, 6) is 0.102. The molecule has 6 aromatic carbocycles. The second-order valence-corrected chi connectivity index (χ2v) is 12.4. The Bertz CT molecular complexity index is 2090. The molecule has 0 atom stereocenters. The molecule has 2 nitrogen and oxygen atoms in total. The fraction of sp³-hybridized carbons (Fsp3) is 0.0976. The van der Waals surface area contributed by atoms with Crippen molar-refractivity contribution in [2.45, 2.75) is 24.7 Å². The number of nitrogens with zero attached hydrogens (tertiary/aromatic N) is 1. The van der Waals surface area contributed by atoms with Crippen LogP contribution in [0.3, 0.4) is 0 Å². The van der Waals surface area contributed by atoms with E-state index in [4.69, 9.17) is 0 Å². The Morgan fingerprint density at radius 2 is 0.953 bits per heavy atom. The topological polar surface area (TPSA) is 20.3 Å². The Kier molecular flexibility index (Phi) is 4.78. The molecule has 0 radical (unpaired) electrons. The highest BCUT2D eigenvalue weighted by Gasteiger charge is 2.52. The molecule has 6 aromatic rings. The van der Waals surface area contributed by atoms with Gasteiger partial charge in [-0.2, -0.15) is 0 Å². The predicted molar refractivity (Wildman–Crippen MR) is 174 cm³/mol. The molecule has 1 heterocycles. The summed E-state index contributed by atoms with van der Waals surface area (Å²) >= 11 is 0. The number of carbonyl (C=O) groups is 1. The minimum absolute atomic E-state index is 0.102. The van der Waals surface area contributed by atoms with E-state index in [-0.39, 0.29) is 11.2 Å². The first-order chi connectivity index (χ1) is 21.0. The second-order valence-electron chi connectivity index (χ2n) is 12.4. The molecule has 2 heteroatoms. The quantitative estimate of drug-likeness (QED) is 0.202. The van der Waals surface area contributed by atoms with Crippen molar-refractivity contribution in [1.29, 1.82) is 0 Å². The number of benzene rings is 6. The highest BCUT2D eigenvalue weighted by molar-refractivity contribution is 6.15. The molecule has 43 heavy (non-hydrogen) atoms. The Morgan fingerprint density at radius 1 is 0.442 bits per heavy atom. The average Bonchev–Trinajstić information content (AvgIpc) is 3.34. The number of fused-ring (bicyclic) bond motifs is 11. The summed E-state index contributed by atoms with van der Waals surface area (Å²) in [4.78, 5) is 16.4. The second kappa shape index (κ2) is 8.42. The molecule has 0 bridgehead atoms. The zero-order chi connectivity index (χ0) is 28.9. The van der Waals surface area contributed by atoms with Crippen molar-refractivity contribution in [3.8, 4) is 11.1 Å². The van der Waals surface area contributed by atoms with E-state index in [2.05, 4.69) is 134 Å². The fourth-order valence-corrected chi connectivity index (χ4v) is 8.21. The maximum absolute atomic E-state index is 13.9. The molecule has 204 valence electrons. The van der Waals surface area contributed by atoms with Crippen LogP contribution in [0.1, 0.15) is 63.1 Å². The third kappa shape index (κ3) is 2.95. The highest BCUT2D eigenvalue weighted by atomic mass is 16.1. The molecule has 0 N–H and O–H groups in total. The van der Waals surface area contributed by atoms with E-state index < -0.39 is 5.41 Å². The van der Waals surface area contributed by atoms with E-state index in [9.17, 15) is 4.79 Å². The van der Waals surface area contributed by atoms with Crippen LogP contribution in [-0.2, 0) is 10.8 Å². The smallest absolute Gasteiger partial charge is 0.193 e. The van der Waals surface area contributed by atoms with Crippen LogP contribution in [0.2, 0.25) is 0 Å². The maximum atomic E-state index is 13.9. The Labute approximate surface area is 251 Å². The van der Waals surface area contributed by atoms with Crippen molar-refractivity contribution in [3.63, 3.8) is 0 Å². The summed E-state index contributed by atoms with van der Waals surface area (Å²) in [7, 11) is 0. The SMILES string of the molecule is CC1(C)c2ccccc2N(c2ccccc2)c2cc3c(cc21)C1(c2ccccc2C(=O)c2ccccc21)c1ccccc1-3. The van der Waals surface area contributed by atoms with E-state index in [0.29, 0.717) is 0 Å².